The Morgan fingerprint density at radius 2 is 2.05 bits per heavy atom. The highest BCUT2D eigenvalue weighted by Gasteiger charge is 2.22. The van der Waals surface area contributed by atoms with E-state index in [2.05, 4.69) is 31.9 Å². The van der Waals surface area contributed by atoms with Crippen molar-refractivity contribution in [3.8, 4) is 0 Å². The molecule has 3 nitrogen and oxygen atoms in total. The van der Waals surface area contributed by atoms with Gasteiger partial charge in [0.25, 0.3) is 5.91 Å². The monoisotopic (exact) mass is 389 g/mol. The summed E-state index contributed by atoms with van der Waals surface area (Å²) < 4.78 is 7.19. The zero-order valence-electron chi connectivity index (χ0n) is 10.9. The van der Waals surface area contributed by atoms with Crippen LogP contribution >= 0.6 is 31.9 Å². The Balaban J connectivity index is 2.10. The van der Waals surface area contributed by atoms with E-state index in [0.29, 0.717) is 11.5 Å². The number of amides is 1. The molecule has 1 fully saturated rings. The Morgan fingerprint density at radius 1 is 1.37 bits per heavy atom. The molecule has 0 bridgehead atoms. The molecular formula is C14H17Br2NO2. The van der Waals surface area contributed by atoms with E-state index in [1.807, 2.05) is 30.0 Å². The van der Waals surface area contributed by atoms with Crippen molar-refractivity contribution in [2.24, 2.45) is 5.92 Å². The van der Waals surface area contributed by atoms with Crippen molar-refractivity contribution in [2.45, 2.75) is 13.3 Å². The lowest BCUT2D eigenvalue weighted by Crippen LogP contribution is -2.35. The van der Waals surface area contributed by atoms with E-state index < -0.39 is 0 Å². The summed E-state index contributed by atoms with van der Waals surface area (Å²) in [6, 6.07) is 5.65. The van der Waals surface area contributed by atoms with Gasteiger partial charge in [-0.15, -0.1) is 0 Å². The molecule has 1 amide bonds. The summed E-state index contributed by atoms with van der Waals surface area (Å²) in [4.78, 5) is 14.4. The van der Waals surface area contributed by atoms with E-state index in [1.165, 1.54) is 0 Å². The average Bonchev–Trinajstić information content (AvgIpc) is 2.86. The third kappa shape index (κ3) is 4.04. The van der Waals surface area contributed by atoms with Crippen molar-refractivity contribution < 1.29 is 9.53 Å². The second-order valence-corrected chi connectivity index (χ2v) is 6.56. The molecule has 104 valence electrons. The first kappa shape index (κ1) is 15.0. The Labute approximate surface area is 130 Å². The molecule has 19 heavy (non-hydrogen) atoms. The maximum absolute atomic E-state index is 12.5. The van der Waals surface area contributed by atoms with Gasteiger partial charge < -0.3 is 9.64 Å². The molecule has 0 radical (unpaired) electrons. The van der Waals surface area contributed by atoms with Crippen molar-refractivity contribution in [3.05, 3.63) is 32.7 Å². The van der Waals surface area contributed by atoms with Gasteiger partial charge in [0.05, 0.1) is 6.61 Å². The molecule has 0 spiro atoms. The van der Waals surface area contributed by atoms with Crippen LogP contribution in [0.3, 0.4) is 0 Å². The van der Waals surface area contributed by atoms with E-state index in [-0.39, 0.29) is 5.91 Å². The van der Waals surface area contributed by atoms with Gasteiger partial charge in [0.15, 0.2) is 0 Å². The maximum Gasteiger partial charge on any atom is 0.253 e. The van der Waals surface area contributed by atoms with Gasteiger partial charge >= 0.3 is 0 Å². The Bertz CT molecular complexity index is 439. The minimum absolute atomic E-state index is 0.0800. The maximum atomic E-state index is 12.5. The molecule has 1 aromatic carbocycles. The summed E-state index contributed by atoms with van der Waals surface area (Å²) in [5.41, 5.74) is 0.710. The minimum Gasteiger partial charge on any atom is -0.381 e. The second kappa shape index (κ2) is 6.86. The summed E-state index contributed by atoms with van der Waals surface area (Å²) in [6.45, 7) is 5.10. The van der Waals surface area contributed by atoms with Crippen molar-refractivity contribution in [2.75, 3.05) is 26.3 Å². The van der Waals surface area contributed by atoms with Gasteiger partial charge in [-0.05, 0) is 31.5 Å². The molecule has 1 heterocycles. The number of benzene rings is 1. The molecule has 0 N–H and O–H groups in total. The highest BCUT2D eigenvalue weighted by molar-refractivity contribution is 9.11. The predicted molar refractivity (Wildman–Crippen MR) is 82.3 cm³/mol. The topological polar surface area (TPSA) is 29.5 Å². The standard InChI is InChI=1S/C14H17Br2NO2/c1-2-17(8-10-3-4-19-9-10)14(18)11-5-12(15)7-13(16)6-11/h5-7,10H,2-4,8-9H2,1H3. The number of hydrogen-bond acceptors (Lipinski definition) is 2. The van der Waals surface area contributed by atoms with Crippen LogP contribution in [0.4, 0.5) is 0 Å². The zero-order valence-corrected chi connectivity index (χ0v) is 14.0. The average molecular weight is 391 g/mol. The second-order valence-electron chi connectivity index (χ2n) is 4.73. The van der Waals surface area contributed by atoms with Gasteiger partial charge in [-0.1, -0.05) is 31.9 Å². The SMILES string of the molecule is CCN(CC1CCOC1)C(=O)c1cc(Br)cc(Br)c1. The fourth-order valence-electron chi connectivity index (χ4n) is 2.25. The van der Waals surface area contributed by atoms with E-state index in [9.17, 15) is 4.79 Å². The lowest BCUT2D eigenvalue weighted by molar-refractivity contribution is 0.0730. The predicted octanol–water partition coefficient (Wildman–Crippen LogP) is 3.71. The number of rotatable bonds is 4. The highest BCUT2D eigenvalue weighted by Crippen LogP contribution is 2.22. The fraction of sp³-hybridized carbons (Fsp3) is 0.500. The van der Waals surface area contributed by atoms with Gasteiger partial charge in [-0.25, -0.2) is 0 Å². The van der Waals surface area contributed by atoms with Crippen molar-refractivity contribution in [1.82, 2.24) is 4.90 Å². The first-order chi connectivity index (χ1) is 9.10. The van der Waals surface area contributed by atoms with Crippen molar-refractivity contribution >= 4 is 37.8 Å². The highest BCUT2D eigenvalue weighted by atomic mass is 79.9. The number of halogens is 2. The summed E-state index contributed by atoms with van der Waals surface area (Å²) in [6.07, 6.45) is 1.05. The summed E-state index contributed by atoms with van der Waals surface area (Å²) in [7, 11) is 0. The van der Waals surface area contributed by atoms with Crippen LogP contribution in [0.5, 0.6) is 0 Å². The molecule has 1 saturated heterocycles. The fourth-order valence-corrected chi connectivity index (χ4v) is 3.55. The van der Waals surface area contributed by atoms with Crippen molar-refractivity contribution in [1.29, 1.82) is 0 Å². The van der Waals surface area contributed by atoms with Crippen LogP contribution in [-0.2, 0) is 4.74 Å². The lowest BCUT2D eigenvalue weighted by atomic mass is 10.1. The Kier molecular flexibility index (Phi) is 5.42. The summed E-state index contributed by atoms with van der Waals surface area (Å²) in [5.74, 6) is 0.552. The molecule has 1 aliphatic rings. The van der Waals surface area contributed by atoms with Crippen LogP contribution < -0.4 is 0 Å². The number of hydrogen-bond donors (Lipinski definition) is 0. The van der Waals surface area contributed by atoms with Gasteiger partial charge in [0.2, 0.25) is 0 Å². The van der Waals surface area contributed by atoms with Gasteiger partial charge in [0, 0.05) is 40.1 Å². The minimum atomic E-state index is 0.0800. The van der Waals surface area contributed by atoms with Gasteiger partial charge in [0.1, 0.15) is 0 Å². The molecule has 2 rings (SSSR count). The largest absolute Gasteiger partial charge is 0.381 e. The quantitative estimate of drug-likeness (QED) is 0.784. The molecule has 0 aliphatic carbocycles. The van der Waals surface area contributed by atoms with Gasteiger partial charge in [-0.3, -0.25) is 4.79 Å². The summed E-state index contributed by atoms with van der Waals surface area (Å²) >= 11 is 6.84. The lowest BCUT2D eigenvalue weighted by Gasteiger charge is -2.24. The van der Waals surface area contributed by atoms with E-state index >= 15 is 0 Å². The normalized spacial score (nSPS) is 18.6. The first-order valence-electron chi connectivity index (χ1n) is 6.43. The molecule has 5 heteroatoms. The smallest absolute Gasteiger partial charge is 0.253 e. The van der Waals surface area contributed by atoms with Crippen LogP contribution in [0.15, 0.2) is 27.1 Å². The van der Waals surface area contributed by atoms with Gasteiger partial charge in [-0.2, -0.15) is 0 Å². The third-order valence-electron chi connectivity index (χ3n) is 3.28. The van der Waals surface area contributed by atoms with E-state index in [1.54, 1.807) is 0 Å². The van der Waals surface area contributed by atoms with Crippen LogP contribution in [0.2, 0.25) is 0 Å². The summed E-state index contributed by atoms with van der Waals surface area (Å²) in [5, 5.41) is 0. The van der Waals surface area contributed by atoms with E-state index in [4.69, 9.17) is 4.74 Å². The van der Waals surface area contributed by atoms with Crippen LogP contribution in [-0.4, -0.2) is 37.1 Å². The Morgan fingerprint density at radius 3 is 2.58 bits per heavy atom. The molecule has 1 atom stereocenters. The number of carbonyl (C=O) groups excluding carboxylic acids is 1. The molecular weight excluding hydrogens is 374 g/mol. The van der Waals surface area contributed by atoms with E-state index in [0.717, 1.165) is 41.7 Å². The molecule has 0 aromatic heterocycles. The molecule has 0 saturated carbocycles. The molecule has 1 aliphatic heterocycles. The van der Waals surface area contributed by atoms with Crippen LogP contribution in [0.1, 0.15) is 23.7 Å². The molecule has 1 unspecified atom stereocenters. The van der Waals surface area contributed by atoms with Crippen LogP contribution in [0, 0.1) is 5.92 Å². The first-order valence-corrected chi connectivity index (χ1v) is 8.02. The Hall–Kier alpha value is -0.390. The number of carbonyl (C=O) groups is 1. The number of ether oxygens (including phenoxy) is 1. The van der Waals surface area contributed by atoms with Crippen molar-refractivity contribution in [3.63, 3.8) is 0 Å². The third-order valence-corrected chi connectivity index (χ3v) is 4.20. The number of nitrogens with zero attached hydrogens (tertiary/aromatic N) is 1. The zero-order chi connectivity index (χ0) is 13.8. The van der Waals surface area contributed by atoms with Crippen LogP contribution in [0.25, 0.3) is 0 Å². The molecule has 1 aromatic rings.